The van der Waals surface area contributed by atoms with Crippen LogP contribution in [0.3, 0.4) is 0 Å². The lowest BCUT2D eigenvalue weighted by Gasteiger charge is -2.22. The van der Waals surface area contributed by atoms with Gasteiger partial charge in [0.15, 0.2) is 0 Å². The number of nitrogens with one attached hydrogen (secondary N) is 1. The molecule has 1 amide bonds. The molecule has 1 atom stereocenters. The van der Waals surface area contributed by atoms with Crippen LogP contribution >= 0.6 is 0 Å². The van der Waals surface area contributed by atoms with E-state index in [9.17, 15) is 4.79 Å². The molecule has 1 heterocycles. The fourth-order valence-electron chi connectivity index (χ4n) is 1.56. The minimum atomic E-state index is -0.746. The molecule has 1 saturated carbocycles. The third-order valence-electron chi connectivity index (χ3n) is 2.84. The van der Waals surface area contributed by atoms with Crippen LogP contribution in [0.25, 0.3) is 0 Å². The Bertz CT molecular complexity index is 342. The third kappa shape index (κ3) is 2.18. The van der Waals surface area contributed by atoms with E-state index in [1.807, 2.05) is 0 Å². The summed E-state index contributed by atoms with van der Waals surface area (Å²) in [6.07, 6.45) is 3.57. The lowest BCUT2D eigenvalue weighted by Crippen LogP contribution is -2.53. The summed E-state index contributed by atoms with van der Waals surface area (Å²) in [6.45, 7) is 2.15. The van der Waals surface area contributed by atoms with Crippen molar-refractivity contribution < 1.29 is 9.32 Å². The first-order valence-electron chi connectivity index (χ1n) is 5.07. The summed E-state index contributed by atoms with van der Waals surface area (Å²) in [7, 11) is 0. The molecule has 5 heteroatoms. The number of carbonyl (C=O) groups excluding carboxylic acids is 1. The maximum atomic E-state index is 11.7. The molecular formula is C10H15N3O2. The molecule has 1 aliphatic rings. The molecule has 2 rings (SSSR count). The SMILES string of the molecule is CC(N)(C(=O)NCc1ccon1)C1CC1. The molecule has 0 radical (unpaired) electrons. The Labute approximate surface area is 88.0 Å². The summed E-state index contributed by atoms with van der Waals surface area (Å²) < 4.78 is 4.66. The molecule has 15 heavy (non-hydrogen) atoms. The summed E-state index contributed by atoms with van der Waals surface area (Å²) in [5.74, 6) is 0.211. The first-order chi connectivity index (χ1) is 7.10. The van der Waals surface area contributed by atoms with Gasteiger partial charge in [-0.3, -0.25) is 4.79 Å². The van der Waals surface area contributed by atoms with Gasteiger partial charge in [0.25, 0.3) is 0 Å². The second kappa shape index (κ2) is 3.66. The van der Waals surface area contributed by atoms with Gasteiger partial charge in [-0.2, -0.15) is 0 Å². The number of nitrogens with two attached hydrogens (primary N) is 1. The standard InChI is InChI=1S/C10H15N3O2/c1-10(11,7-2-3-7)9(14)12-6-8-4-5-15-13-8/h4-5,7H,2-3,6,11H2,1H3,(H,12,14). The molecule has 82 valence electrons. The second-order valence-electron chi connectivity index (χ2n) is 4.23. The summed E-state index contributed by atoms with van der Waals surface area (Å²) in [6, 6.07) is 1.71. The van der Waals surface area contributed by atoms with Gasteiger partial charge in [0.05, 0.1) is 12.1 Å². The molecule has 0 aromatic carbocycles. The number of aromatic nitrogens is 1. The molecule has 1 aliphatic carbocycles. The molecule has 0 aliphatic heterocycles. The first kappa shape index (κ1) is 10.2. The summed E-state index contributed by atoms with van der Waals surface area (Å²) in [5, 5.41) is 6.46. The number of nitrogens with zero attached hydrogens (tertiary/aromatic N) is 1. The molecule has 0 spiro atoms. The molecular weight excluding hydrogens is 194 g/mol. The summed E-state index contributed by atoms with van der Waals surface area (Å²) in [5.41, 5.74) is 5.91. The van der Waals surface area contributed by atoms with Gasteiger partial charge in [-0.1, -0.05) is 5.16 Å². The average molecular weight is 209 g/mol. The Balaban J connectivity index is 1.86. The van der Waals surface area contributed by atoms with E-state index in [2.05, 4.69) is 15.0 Å². The van der Waals surface area contributed by atoms with Crippen LogP contribution in [0, 0.1) is 5.92 Å². The molecule has 1 unspecified atom stereocenters. The van der Waals surface area contributed by atoms with Crippen molar-refractivity contribution in [3.63, 3.8) is 0 Å². The number of amides is 1. The van der Waals surface area contributed by atoms with Gasteiger partial charge in [-0.05, 0) is 25.7 Å². The zero-order chi connectivity index (χ0) is 10.9. The molecule has 0 saturated heterocycles. The predicted octanol–water partition coefficient (Wildman–Crippen LogP) is 0.418. The molecule has 0 bridgehead atoms. The van der Waals surface area contributed by atoms with E-state index in [0.29, 0.717) is 18.2 Å². The predicted molar refractivity (Wildman–Crippen MR) is 53.7 cm³/mol. The van der Waals surface area contributed by atoms with E-state index in [4.69, 9.17) is 5.73 Å². The molecule has 1 aromatic rings. The van der Waals surface area contributed by atoms with Crippen molar-refractivity contribution in [3.05, 3.63) is 18.0 Å². The van der Waals surface area contributed by atoms with E-state index in [1.54, 1.807) is 13.0 Å². The quantitative estimate of drug-likeness (QED) is 0.753. The van der Waals surface area contributed by atoms with Crippen LogP contribution in [-0.4, -0.2) is 16.6 Å². The van der Waals surface area contributed by atoms with E-state index < -0.39 is 5.54 Å². The van der Waals surface area contributed by atoms with Crippen LogP contribution in [-0.2, 0) is 11.3 Å². The lowest BCUT2D eigenvalue weighted by atomic mass is 9.96. The van der Waals surface area contributed by atoms with Gasteiger partial charge >= 0.3 is 0 Å². The first-order valence-corrected chi connectivity index (χ1v) is 5.07. The lowest BCUT2D eigenvalue weighted by molar-refractivity contribution is -0.126. The molecule has 3 N–H and O–H groups in total. The number of carbonyl (C=O) groups is 1. The van der Waals surface area contributed by atoms with Crippen LogP contribution < -0.4 is 11.1 Å². The van der Waals surface area contributed by atoms with Crippen molar-refractivity contribution in [1.82, 2.24) is 10.5 Å². The van der Waals surface area contributed by atoms with Crippen LogP contribution in [0.1, 0.15) is 25.5 Å². The fraction of sp³-hybridized carbons (Fsp3) is 0.600. The number of hydrogen-bond acceptors (Lipinski definition) is 4. The van der Waals surface area contributed by atoms with Crippen LogP contribution in [0.5, 0.6) is 0 Å². The minimum absolute atomic E-state index is 0.118. The monoisotopic (exact) mass is 209 g/mol. The van der Waals surface area contributed by atoms with E-state index in [0.717, 1.165) is 12.8 Å². The Hall–Kier alpha value is -1.36. The van der Waals surface area contributed by atoms with Crippen LogP contribution in [0.4, 0.5) is 0 Å². The van der Waals surface area contributed by atoms with Gasteiger partial charge in [0.2, 0.25) is 5.91 Å². The smallest absolute Gasteiger partial charge is 0.240 e. The van der Waals surface area contributed by atoms with Gasteiger partial charge in [-0.15, -0.1) is 0 Å². The van der Waals surface area contributed by atoms with Gasteiger partial charge in [-0.25, -0.2) is 0 Å². The van der Waals surface area contributed by atoms with Crippen LogP contribution in [0.2, 0.25) is 0 Å². The zero-order valence-electron chi connectivity index (χ0n) is 8.69. The van der Waals surface area contributed by atoms with Crippen molar-refractivity contribution in [2.45, 2.75) is 31.8 Å². The number of hydrogen-bond donors (Lipinski definition) is 2. The topological polar surface area (TPSA) is 81.2 Å². The largest absolute Gasteiger partial charge is 0.364 e. The molecule has 5 nitrogen and oxygen atoms in total. The highest BCUT2D eigenvalue weighted by atomic mass is 16.5. The fourth-order valence-corrected chi connectivity index (χ4v) is 1.56. The normalized spacial score (nSPS) is 19.6. The van der Waals surface area contributed by atoms with Crippen molar-refractivity contribution in [1.29, 1.82) is 0 Å². The molecule has 1 aromatic heterocycles. The van der Waals surface area contributed by atoms with Crippen molar-refractivity contribution in [3.8, 4) is 0 Å². The Morgan fingerprint density at radius 3 is 3.07 bits per heavy atom. The van der Waals surface area contributed by atoms with E-state index >= 15 is 0 Å². The van der Waals surface area contributed by atoms with Crippen molar-refractivity contribution in [2.75, 3.05) is 0 Å². The Morgan fingerprint density at radius 1 is 1.80 bits per heavy atom. The minimum Gasteiger partial charge on any atom is -0.364 e. The number of rotatable bonds is 4. The third-order valence-corrected chi connectivity index (χ3v) is 2.84. The highest BCUT2D eigenvalue weighted by Gasteiger charge is 2.43. The van der Waals surface area contributed by atoms with E-state index in [-0.39, 0.29) is 5.91 Å². The van der Waals surface area contributed by atoms with Gasteiger partial charge in [0.1, 0.15) is 12.0 Å². The maximum Gasteiger partial charge on any atom is 0.240 e. The highest BCUT2D eigenvalue weighted by Crippen LogP contribution is 2.38. The Kier molecular flexibility index (Phi) is 2.48. The van der Waals surface area contributed by atoms with Gasteiger partial charge < -0.3 is 15.6 Å². The Morgan fingerprint density at radius 2 is 2.53 bits per heavy atom. The second-order valence-corrected chi connectivity index (χ2v) is 4.23. The maximum absolute atomic E-state index is 11.7. The zero-order valence-corrected chi connectivity index (χ0v) is 8.69. The van der Waals surface area contributed by atoms with E-state index in [1.165, 1.54) is 6.26 Å². The molecule has 1 fully saturated rings. The summed E-state index contributed by atoms with van der Waals surface area (Å²) in [4.78, 5) is 11.7. The van der Waals surface area contributed by atoms with Crippen molar-refractivity contribution >= 4 is 5.91 Å². The van der Waals surface area contributed by atoms with Gasteiger partial charge in [0, 0.05) is 6.07 Å². The summed E-state index contributed by atoms with van der Waals surface area (Å²) >= 11 is 0. The highest BCUT2D eigenvalue weighted by molar-refractivity contribution is 5.86. The van der Waals surface area contributed by atoms with Crippen LogP contribution in [0.15, 0.2) is 16.9 Å². The van der Waals surface area contributed by atoms with Crippen molar-refractivity contribution in [2.24, 2.45) is 11.7 Å². The average Bonchev–Trinajstić information content (AvgIpc) is 2.94.